The number of rotatable bonds is 4. The van der Waals surface area contributed by atoms with E-state index in [0.717, 1.165) is 30.8 Å². The van der Waals surface area contributed by atoms with Crippen molar-refractivity contribution in [1.82, 2.24) is 10.3 Å². The second-order valence-corrected chi connectivity index (χ2v) is 8.27. The molecule has 3 unspecified atom stereocenters. The van der Waals surface area contributed by atoms with Crippen LogP contribution in [0, 0.1) is 5.92 Å². The lowest BCUT2D eigenvalue weighted by Crippen LogP contribution is -2.32. The molecule has 0 bridgehead atoms. The molecule has 24 heavy (non-hydrogen) atoms. The molecule has 128 valence electrons. The van der Waals surface area contributed by atoms with Crippen molar-refractivity contribution in [3.05, 3.63) is 40.9 Å². The van der Waals surface area contributed by atoms with E-state index in [0.29, 0.717) is 12.0 Å². The normalized spacial score (nSPS) is 27.0. The average Bonchev–Trinajstić information content (AvgIpc) is 3.06. The van der Waals surface area contributed by atoms with Gasteiger partial charge in [-0.05, 0) is 51.0 Å². The van der Waals surface area contributed by atoms with Crippen molar-refractivity contribution in [2.45, 2.75) is 57.1 Å². The van der Waals surface area contributed by atoms with E-state index in [4.69, 9.17) is 4.98 Å². The van der Waals surface area contributed by atoms with Crippen molar-refractivity contribution < 1.29 is 5.11 Å². The molecule has 4 rings (SSSR count). The summed E-state index contributed by atoms with van der Waals surface area (Å²) in [5.41, 5.74) is 2.53. The molecular formula is C20H26N2OS. The number of hydrogen-bond acceptors (Lipinski definition) is 4. The van der Waals surface area contributed by atoms with E-state index in [1.54, 1.807) is 0 Å². The Labute approximate surface area is 148 Å². The van der Waals surface area contributed by atoms with Gasteiger partial charge in [-0.3, -0.25) is 0 Å². The van der Waals surface area contributed by atoms with Gasteiger partial charge in [0.1, 0.15) is 5.01 Å². The summed E-state index contributed by atoms with van der Waals surface area (Å²) in [4.78, 5) is 6.36. The Balaban J connectivity index is 1.46. The van der Waals surface area contributed by atoms with Gasteiger partial charge in [0, 0.05) is 16.5 Å². The highest BCUT2D eigenvalue weighted by Crippen LogP contribution is 2.38. The van der Waals surface area contributed by atoms with Crippen LogP contribution >= 0.6 is 11.3 Å². The number of fused-ring (bicyclic) bond motifs is 1. The number of aliphatic hydroxyl groups excluding tert-OH is 1. The van der Waals surface area contributed by atoms with E-state index < -0.39 is 0 Å². The zero-order valence-electron chi connectivity index (χ0n) is 14.1. The Kier molecular flexibility index (Phi) is 4.97. The van der Waals surface area contributed by atoms with E-state index in [1.165, 1.54) is 41.8 Å². The Morgan fingerprint density at radius 3 is 2.83 bits per heavy atom. The molecule has 2 aliphatic carbocycles. The molecule has 1 saturated carbocycles. The zero-order chi connectivity index (χ0) is 16.4. The SMILES string of the molecule is OC1CCCC(CNC2CCCc3nc(-c4ccccc4)sc32)C1. The van der Waals surface area contributed by atoms with Gasteiger partial charge in [0.25, 0.3) is 0 Å². The van der Waals surface area contributed by atoms with Crippen LogP contribution in [0.2, 0.25) is 0 Å². The molecule has 4 heteroatoms. The molecule has 0 radical (unpaired) electrons. The molecule has 0 spiro atoms. The number of nitrogens with one attached hydrogen (secondary N) is 1. The monoisotopic (exact) mass is 342 g/mol. The van der Waals surface area contributed by atoms with Crippen molar-refractivity contribution in [2.24, 2.45) is 5.92 Å². The molecule has 3 nitrogen and oxygen atoms in total. The van der Waals surface area contributed by atoms with Crippen LogP contribution < -0.4 is 5.32 Å². The molecular weight excluding hydrogens is 316 g/mol. The number of aryl methyl sites for hydroxylation is 1. The Morgan fingerprint density at radius 2 is 2.00 bits per heavy atom. The van der Waals surface area contributed by atoms with Crippen LogP contribution in [0.5, 0.6) is 0 Å². The first kappa shape index (κ1) is 16.2. The molecule has 1 heterocycles. The van der Waals surface area contributed by atoms with Crippen LogP contribution in [-0.2, 0) is 6.42 Å². The van der Waals surface area contributed by atoms with Gasteiger partial charge in [0.05, 0.1) is 11.8 Å². The summed E-state index contributed by atoms with van der Waals surface area (Å²) in [5, 5.41) is 14.8. The van der Waals surface area contributed by atoms with Gasteiger partial charge >= 0.3 is 0 Å². The fourth-order valence-electron chi connectivity index (χ4n) is 4.08. The van der Waals surface area contributed by atoms with E-state index in [9.17, 15) is 5.11 Å². The van der Waals surface area contributed by atoms with Crippen molar-refractivity contribution in [1.29, 1.82) is 0 Å². The molecule has 2 aliphatic rings. The molecule has 2 aromatic rings. The third kappa shape index (κ3) is 3.56. The highest BCUT2D eigenvalue weighted by molar-refractivity contribution is 7.15. The van der Waals surface area contributed by atoms with Crippen LogP contribution in [0.1, 0.15) is 55.1 Å². The molecule has 1 aromatic carbocycles. The predicted octanol–water partition coefficient (Wildman–Crippen LogP) is 4.33. The summed E-state index contributed by atoms with van der Waals surface area (Å²) >= 11 is 1.86. The van der Waals surface area contributed by atoms with Gasteiger partial charge in [-0.2, -0.15) is 0 Å². The second-order valence-electron chi connectivity index (χ2n) is 7.24. The highest BCUT2D eigenvalue weighted by Gasteiger charge is 2.26. The Hall–Kier alpha value is -1.23. The summed E-state index contributed by atoms with van der Waals surface area (Å²) in [5.74, 6) is 0.626. The van der Waals surface area contributed by atoms with Crippen molar-refractivity contribution in [2.75, 3.05) is 6.54 Å². The number of aliphatic hydroxyl groups is 1. The fourth-order valence-corrected chi connectivity index (χ4v) is 5.30. The highest BCUT2D eigenvalue weighted by atomic mass is 32.1. The van der Waals surface area contributed by atoms with Crippen LogP contribution in [0.4, 0.5) is 0 Å². The maximum Gasteiger partial charge on any atom is 0.123 e. The first-order chi connectivity index (χ1) is 11.8. The van der Waals surface area contributed by atoms with E-state index in [2.05, 4.69) is 35.6 Å². The molecule has 0 saturated heterocycles. The summed E-state index contributed by atoms with van der Waals surface area (Å²) < 4.78 is 0. The van der Waals surface area contributed by atoms with E-state index in [1.807, 2.05) is 11.3 Å². The smallest absolute Gasteiger partial charge is 0.123 e. The topological polar surface area (TPSA) is 45.1 Å². The maximum absolute atomic E-state index is 9.87. The van der Waals surface area contributed by atoms with Crippen molar-refractivity contribution in [3.8, 4) is 10.6 Å². The summed E-state index contributed by atoms with van der Waals surface area (Å²) in [6.07, 6.45) is 7.82. The number of benzene rings is 1. The van der Waals surface area contributed by atoms with E-state index >= 15 is 0 Å². The molecule has 0 aliphatic heterocycles. The standard InChI is InChI=1S/C20H26N2OS/c23-16-9-4-6-14(12-16)13-21-17-10-5-11-18-19(17)24-20(22-18)15-7-2-1-3-8-15/h1-3,7-8,14,16-17,21,23H,4-6,9-13H2. The van der Waals surface area contributed by atoms with Gasteiger partial charge in [-0.15, -0.1) is 11.3 Å². The van der Waals surface area contributed by atoms with Crippen molar-refractivity contribution in [3.63, 3.8) is 0 Å². The van der Waals surface area contributed by atoms with Gasteiger partial charge in [-0.1, -0.05) is 36.8 Å². The number of hydrogen-bond donors (Lipinski definition) is 2. The van der Waals surface area contributed by atoms with Gasteiger partial charge in [0.15, 0.2) is 0 Å². The van der Waals surface area contributed by atoms with Crippen LogP contribution in [-0.4, -0.2) is 22.7 Å². The first-order valence-electron chi connectivity index (χ1n) is 9.26. The zero-order valence-corrected chi connectivity index (χ0v) is 14.9. The second kappa shape index (κ2) is 7.34. The van der Waals surface area contributed by atoms with Gasteiger partial charge < -0.3 is 10.4 Å². The predicted molar refractivity (Wildman–Crippen MR) is 99.2 cm³/mol. The minimum absolute atomic E-state index is 0.0828. The van der Waals surface area contributed by atoms with E-state index in [-0.39, 0.29) is 6.10 Å². The van der Waals surface area contributed by atoms with Crippen LogP contribution in [0.3, 0.4) is 0 Å². The number of nitrogens with zero attached hydrogens (tertiary/aromatic N) is 1. The van der Waals surface area contributed by atoms with Crippen LogP contribution in [0.15, 0.2) is 30.3 Å². The van der Waals surface area contributed by atoms with Gasteiger partial charge in [0.2, 0.25) is 0 Å². The number of thiazole rings is 1. The minimum atomic E-state index is -0.0828. The molecule has 3 atom stereocenters. The summed E-state index contributed by atoms with van der Waals surface area (Å²) in [7, 11) is 0. The lowest BCUT2D eigenvalue weighted by molar-refractivity contribution is 0.0994. The maximum atomic E-state index is 9.87. The minimum Gasteiger partial charge on any atom is -0.393 e. The Morgan fingerprint density at radius 1 is 1.12 bits per heavy atom. The lowest BCUT2D eigenvalue weighted by Gasteiger charge is -2.29. The summed E-state index contributed by atoms with van der Waals surface area (Å²) in [6, 6.07) is 11.0. The van der Waals surface area contributed by atoms with Gasteiger partial charge in [-0.25, -0.2) is 4.98 Å². The van der Waals surface area contributed by atoms with Crippen LogP contribution in [0.25, 0.3) is 10.6 Å². The average molecular weight is 343 g/mol. The molecule has 2 N–H and O–H groups in total. The number of aromatic nitrogens is 1. The third-order valence-corrected chi connectivity index (χ3v) is 6.64. The largest absolute Gasteiger partial charge is 0.393 e. The van der Waals surface area contributed by atoms with Crippen molar-refractivity contribution >= 4 is 11.3 Å². The molecule has 0 amide bonds. The Bertz CT molecular complexity index is 670. The third-order valence-electron chi connectivity index (χ3n) is 5.38. The molecule has 1 aromatic heterocycles. The lowest BCUT2D eigenvalue weighted by atomic mass is 9.87. The fraction of sp³-hybridized carbons (Fsp3) is 0.550. The first-order valence-corrected chi connectivity index (χ1v) is 10.1. The molecule has 1 fully saturated rings. The summed E-state index contributed by atoms with van der Waals surface area (Å²) in [6.45, 7) is 1.03. The quantitative estimate of drug-likeness (QED) is 0.869.